The highest BCUT2D eigenvalue weighted by Gasteiger charge is 2.05. The highest BCUT2D eigenvalue weighted by molar-refractivity contribution is 5.93. The average Bonchev–Trinajstić information content (AvgIpc) is 2.43. The predicted molar refractivity (Wildman–Crippen MR) is 77.7 cm³/mol. The van der Waals surface area contributed by atoms with Crippen LogP contribution in [-0.2, 0) is 0 Å². The van der Waals surface area contributed by atoms with E-state index in [1.807, 2.05) is 19.1 Å². The number of carbonyl (C=O) groups is 1. The van der Waals surface area contributed by atoms with E-state index in [1.54, 1.807) is 30.6 Å². The molecule has 0 spiro atoms. The van der Waals surface area contributed by atoms with Gasteiger partial charge in [-0.2, -0.15) is 0 Å². The Bertz CT molecular complexity index is 599. The Kier molecular flexibility index (Phi) is 4.55. The summed E-state index contributed by atoms with van der Waals surface area (Å²) in [5.74, 6) is 0.536. The van der Waals surface area contributed by atoms with E-state index in [-0.39, 0.29) is 5.91 Å². The first-order valence-corrected chi connectivity index (χ1v) is 6.33. The van der Waals surface area contributed by atoms with Crippen LogP contribution in [0.1, 0.15) is 15.9 Å². The molecule has 3 N–H and O–H groups in total. The summed E-state index contributed by atoms with van der Waals surface area (Å²) in [6, 6.07) is 8.97. The third-order valence-electron chi connectivity index (χ3n) is 2.65. The van der Waals surface area contributed by atoms with Gasteiger partial charge in [0.25, 0.3) is 5.91 Å². The van der Waals surface area contributed by atoms with Gasteiger partial charge in [-0.1, -0.05) is 6.07 Å². The van der Waals surface area contributed by atoms with E-state index in [1.165, 1.54) is 0 Å². The zero-order chi connectivity index (χ0) is 14.4. The maximum absolute atomic E-state index is 11.8. The van der Waals surface area contributed by atoms with Crippen LogP contribution in [0.15, 0.2) is 42.7 Å². The van der Waals surface area contributed by atoms with Crippen LogP contribution in [-0.4, -0.2) is 24.0 Å². The molecule has 5 heteroatoms. The van der Waals surface area contributed by atoms with Crippen LogP contribution < -0.4 is 15.8 Å². The molecule has 0 atom stereocenters. The second kappa shape index (κ2) is 6.56. The van der Waals surface area contributed by atoms with Crippen molar-refractivity contribution in [3.05, 3.63) is 53.9 Å². The molecule has 104 valence electrons. The van der Waals surface area contributed by atoms with Gasteiger partial charge in [-0.15, -0.1) is 0 Å². The Labute approximate surface area is 117 Å². The summed E-state index contributed by atoms with van der Waals surface area (Å²) in [6.45, 7) is 2.70. The number of pyridine rings is 1. The topological polar surface area (TPSA) is 77.2 Å². The molecule has 0 aliphatic carbocycles. The normalized spacial score (nSPS) is 10.1. The van der Waals surface area contributed by atoms with Gasteiger partial charge in [0.15, 0.2) is 0 Å². The summed E-state index contributed by atoms with van der Waals surface area (Å²) >= 11 is 0. The average molecular weight is 271 g/mol. The van der Waals surface area contributed by atoms with Gasteiger partial charge in [0.1, 0.15) is 12.4 Å². The molecule has 2 aromatic rings. The number of carbonyl (C=O) groups excluding carboxylic acids is 1. The van der Waals surface area contributed by atoms with Crippen molar-refractivity contribution in [2.24, 2.45) is 0 Å². The van der Waals surface area contributed by atoms with Crippen LogP contribution in [0.4, 0.5) is 5.69 Å². The first-order chi connectivity index (χ1) is 9.65. The second-order valence-corrected chi connectivity index (χ2v) is 4.43. The van der Waals surface area contributed by atoms with Crippen LogP contribution >= 0.6 is 0 Å². The van der Waals surface area contributed by atoms with Crippen molar-refractivity contribution < 1.29 is 9.53 Å². The Balaban J connectivity index is 1.77. The first-order valence-electron chi connectivity index (χ1n) is 6.33. The Hall–Kier alpha value is -2.56. The minimum atomic E-state index is -0.155. The number of nitrogens with zero attached hydrogens (tertiary/aromatic N) is 1. The minimum Gasteiger partial charge on any atom is -0.492 e. The van der Waals surface area contributed by atoms with Gasteiger partial charge in [0.05, 0.1) is 12.1 Å². The van der Waals surface area contributed by atoms with E-state index in [9.17, 15) is 4.79 Å². The van der Waals surface area contributed by atoms with Crippen molar-refractivity contribution in [3.8, 4) is 5.75 Å². The van der Waals surface area contributed by atoms with Gasteiger partial charge >= 0.3 is 0 Å². The summed E-state index contributed by atoms with van der Waals surface area (Å²) in [5, 5.41) is 2.78. The molecule has 1 heterocycles. The van der Waals surface area contributed by atoms with E-state index in [2.05, 4.69) is 10.3 Å². The summed E-state index contributed by atoms with van der Waals surface area (Å²) in [5.41, 5.74) is 7.80. The van der Waals surface area contributed by atoms with Crippen LogP contribution in [0.5, 0.6) is 5.75 Å². The molecule has 2 rings (SSSR count). The quantitative estimate of drug-likeness (QED) is 0.642. The molecule has 0 saturated heterocycles. The first kappa shape index (κ1) is 13.9. The van der Waals surface area contributed by atoms with Crippen LogP contribution in [0.2, 0.25) is 0 Å². The van der Waals surface area contributed by atoms with E-state index >= 15 is 0 Å². The molecule has 0 fully saturated rings. The maximum Gasteiger partial charge on any atom is 0.252 e. The monoisotopic (exact) mass is 271 g/mol. The van der Waals surface area contributed by atoms with Gasteiger partial charge in [0.2, 0.25) is 0 Å². The van der Waals surface area contributed by atoms with E-state index < -0.39 is 0 Å². The van der Waals surface area contributed by atoms with Crippen molar-refractivity contribution in [1.82, 2.24) is 10.3 Å². The molecule has 0 unspecified atom stereocenters. The summed E-state index contributed by atoms with van der Waals surface area (Å²) in [4.78, 5) is 15.8. The summed E-state index contributed by atoms with van der Waals surface area (Å²) < 4.78 is 5.49. The largest absolute Gasteiger partial charge is 0.492 e. The van der Waals surface area contributed by atoms with Crippen molar-refractivity contribution >= 4 is 11.6 Å². The molecule has 0 aliphatic heterocycles. The zero-order valence-electron chi connectivity index (χ0n) is 11.3. The molecule has 20 heavy (non-hydrogen) atoms. The zero-order valence-corrected chi connectivity index (χ0v) is 11.3. The van der Waals surface area contributed by atoms with Gasteiger partial charge in [-0.05, 0) is 30.7 Å². The van der Waals surface area contributed by atoms with Crippen LogP contribution in [0, 0.1) is 6.92 Å². The van der Waals surface area contributed by atoms with Gasteiger partial charge < -0.3 is 15.8 Å². The van der Waals surface area contributed by atoms with Crippen LogP contribution in [0.3, 0.4) is 0 Å². The number of benzene rings is 1. The smallest absolute Gasteiger partial charge is 0.252 e. The number of amides is 1. The van der Waals surface area contributed by atoms with Crippen LogP contribution in [0.25, 0.3) is 0 Å². The molecule has 5 nitrogen and oxygen atoms in total. The molecule has 1 aromatic carbocycles. The van der Waals surface area contributed by atoms with E-state index in [4.69, 9.17) is 10.5 Å². The highest BCUT2D eigenvalue weighted by Crippen LogP contribution is 2.13. The van der Waals surface area contributed by atoms with Gasteiger partial charge in [-0.25, -0.2) is 0 Å². The molecule has 0 radical (unpaired) electrons. The number of rotatable bonds is 5. The number of aromatic nitrogens is 1. The fourth-order valence-electron chi connectivity index (χ4n) is 1.72. The Morgan fingerprint density at radius 1 is 1.35 bits per heavy atom. The number of nitrogens with two attached hydrogens (primary N) is 1. The summed E-state index contributed by atoms with van der Waals surface area (Å²) in [6.07, 6.45) is 3.25. The highest BCUT2D eigenvalue weighted by atomic mass is 16.5. The third-order valence-corrected chi connectivity index (χ3v) is 2.65. The fourth-order valence-corrected chi connectivity index (χ4v) is 1.72. The number of aryl methyl sites for hydroxylation is 1. The standard InChI is InChI=1S/C15H17N3O2/c1-11-7-12(10-17-9-11)15(19)18-5-6-20-14-4-2-3-13(16)8-14/h2-4,7-10H,5-6,16H2,1H3,(H,18,19). The molecule has 1 aromatic heterocycles. The Morgan fingerprint density at radius 2 is 2.20 bits per heavy atom. The third kappa shape index (κ3) is 3.98. The van der Waals surface area contributed by atoms with Crippen molar-refractivity contribution in [2.75, 3.05) is 18.9 Å². The molecule has 0 saturated carbocycles. The molecular formula is C15H17N3O2. The number of hydrogen-bond acceptors (Lipinski definition) is 4. The van der Waals surface area contributed by atoms with E-state index in [0.29, 0.717) is 30.2 Å². The molecular weight excluding hydrogens is 254 g/mol. The minimum absolute atomic E-state index is 0.155. The number of ether oxygens (including phenoxy) is 1. The predicted octanol–water partition coefficient (Wildman–Crippen LogP) is 1.78. The molecule has 1 amide bonds. The number of hydrogen-bond donors (Lipinski definition) is 2. The number of anilines is 1. The van der Waals surface area contributed by atoms with Gasteiger partial charge in [-0.3, -0.25) is 9.78 Å². The fraction of sp³-hybridized carbons (Fsp3) is 0.200. The van der Waals surface area contributed by atoms with Crippen molar-refractivity contribution in [1.29, 1.82) is 0 Å². The molecule has 0 aliphatic rings. The summed E-state index contributed by atoms with van der Waals surface area (Å²) in [7, 11) is 0. The van der Waals surface area contributed by atoms with E-state index in [0.717, 1.165) is 5.56 Å². The number of nitrogen functional groups attached to an aromatic ring is 1. The number of nitrogens with one attached hydrogen (secondary N) is 1. The van der Waals surface area contributed by atoms with Crippen molar-refractivity contribution in [2.45, 2.75) is 6.92 Å². The lowest BCUT2D eigenvalue weighted by molar-refractivity contribution is 0.0946. The Morgan fingerprint density at radius 3 is 2.95 bits per heavy atom. The van der Waals surface area contributed by atoms with Gasteiger partial charge in [0, 0.05) is 24.1 Å². The lowest BCUT2D eigenvalue weighted by atomic mass is 10.2. The lowest BCUT2D eigenvalue weighted by Crippen LogP contribution is -2.28. The van der Waals surface area contributed by atoms with Crippen molar-refractivity contribution in [3.63, 3.8) is 0 Å². The second-order valence-electron chi connectivity index (χ2n) is 4.43. The lowest BCUT2D eigenvalue weighted by Gasteiger charge is -2.08. The SMILES string of the molecule is Cc1cncc(C(=O)NCCOc2cccc(N)c2)c1. The maximum atomic E-state index is 11.8. The molecule has 0 bridgehead atoms.